The summed E-state index contributed by atoms with van der Waals surface area (Å²) in [6, 6.07) is 12.7. The lowest BCUT2D eigenvalue weighted by atomic mass is 9.97. The van der Waals surface area contributed by atoms with Crippen LogP contribution in [0.25, 0.3) is 0 Å². The zero-order valence-corrected chi connectivity index (χ0v) is 19.8. The zero-order valence-electron chi connectivity index (χ0n) is 19.0. The molecule has 0 saturated carbocycles. The fourth-order valence-corrected chi connectivity index (χ4v) is 5.50. The van der Waals surface area contributed by atoms with Gasteiger partial charge in [-0.3, -0.25) is 4.79 Å². The van der Waals surface area contributed by atoms with Gasteiger partial charge in [0, 0.05) is 30.8 Å². The van der Waals surface area contributed by atoms with Crippen molar-refractivity contribution in [2.45, 2.75) is 43.9 Å². The maximum Gasteiger partial charge on any atom is 0.246 e. The summed E-state index contributed by atoms with van der Waals surface area (Å²) in [5, 5.41) is 2.97. The number of methoxy groups -OCH3 is 2. The molecule has 3 rings (SSSR count). The highest BCUT2D eigenvalue weighted by Gasteiger charge is 2.34. The number of hydrogen-bond donors (Lipinski definition) is 1. The minimum Gasteiger partial charge on any atom is -0.497 e. The molecule has 32 heavy (non-hydrogen) atoms. The number of anilines is 1. The van der Waals surface area contributed by atoms with Gasteiger partial charge >= 0.3 is 0 Å². The number of benzene rings is 2. The largest absolute Gasteiger partial charge is 0.497 e. The third-order valence-electron chi connectivity index (χ3n) is 5.85. The number of sulfonamides is 1. The van der Waals surface area contributed by atoms with Gasteiger partial charge in [-0.25, -0.2) is 8.42 Å². The summed E-state index contributed by atoms with van der Waals surface area (Å²) in [5.74, 6) is 0.420. The third-order valence-corrected chi connectivity index (χ3v) is 7.77. The van der Waals surface area contributed by atoms with E-state index in [2.05, 4.69) is 12.2 Å². The molecule has 0 radical (unpaired) electrons. The number of hydrogen-bond acceptors (Lipinski definition) is 5. The van der Waals surface area contributed by atoms with Crippen LogP contribution in [0.3, 0.4) is 0 Å². The summed E-state index contributed by atoms with van der Waals surface area (Å²) in [6.07, 6.45) is 4.26. The number of piperidine rings is 1. The van der Waals surface area contributed by atoms with Gasteiger partial charge in [0.1, 0.15) is 16.4 Å². The van der Waals surface area contributed by atoms with Crippen LogP contribution < -0.4 is 14.8 Å². The van der Waals surface area contributed by atoms with Crippen molar-refractivity contribution in [2.75, 3.05) is 32.6 Å². The van der Waals surface area contributed by atoms with Gasteiger partial charge in [-0.05, 0) is 55.5 Å². The molecule has 1 aliphatic heterocycles. The Labute approximate surface area is 190 Å². The lowest BCUT2D eigenvalue weighted by Gasteiger charge is -2.31. The molecule has 0 unspecified atom stereocenters. The standard InChI is InChI=1S/C24H32N2O5S/c1-4-5-6-18-7-9-20(10-8-18)25-24(27)19-13-15-26(16-14-19)32(28,29)23-17-21(30-2)11-12-22(23)31-3/h7-12,17,19H,4-6,13-16H2,1-3H3,(H,25,27). The number of amides is 1. The topological polar surface area (TPSA) is 84.9 Å². The first-order valence-electron chi connectivity index (χ1n) is 11.0. The monoisotopic (exact) mass is 460 g/mol. The number of nitrogens with zero attached hydrogens (tertiary/aromatic N) is 1. The fourth-order valence-electron chi connectivity index (χ4n) is 3.86. The molecule has 0 aromatic heterocycles. The van der Waals surface area contributed by atoms with Gasteiger partial charge in [0.15, 0.2) is 0 Å². The molecular formula is C24H32N2O5S. The lowest BCUT2D eigenvalue weighted by Crippen LogP contribution is -2.41. The first-order chi connectivity index (χ1) is 15.4. The molecule has 2 aromatic rings. The normalized spacial score (nSPS) is 15.3. The number of rotatable bonds is 9. The number of ether oxygens (including phenoxy) is 2. The molecule has 0 spiro atoms. The van der Waals surface area contributed by atoms with Gasteiger partial charge < -0.3 is 14.8 Å². The van der Waals surface area contributed by atoms with Crippen LogP contribution >= 0.6 is 0 Å². The Kier molecular flexibility index (Phi) is 8.15. The highest BCUT2D eigenvalue weighted by molar-refractivity contribution is 7.89. The highest BCUT2D eigenvalue weighted by Crippen LogP contribution is 2.32. The maximum atomic E-state index is 13.2. The maximum absolute atomic E-state index is 13.2. The summed E-state index contributed by atoms with van der Waals surface area (Å²) in [4.78, 5) is 12.8. The van der Waals surface area contributed by atoms with Crippen molar-refractivity contribution in [1.29, 1.82) is 0 Å². The van der Waals surface area contributed by atoms with Gasteiger partial charge in [-0.1, -0.05) is 25.5 Å². The third kappa shape index (κ3) is 5.61. The smallest absolute Gasteiger partial charge is 0.246 e. The Morgan fingerprint density at radius 2 is 1.75 bits per heavy atom. The first kappa shape index (κ1) is 24.1. The van der Waals surface area contributed by atoms with Crippen LogP contribution in [0.1, 0.15) is 38.2 Å². The molecule has 1 N–H and O–H groups in total. The van der Waals surface area contributed by atoms with Crippen LogP contribution in [0.2, 0.25) is 0 Å². The Balaban J connectivity index is 1.61. The van der Waals surface area contributed by atoms with Crippen molar-refractivity contribution in [1.82, 2.24) is 4.31 Å². The van der Waals surface area contributed by atoms with Gasteiger partial charge in [0.05, 0.1) is 14.2 Å². The summed E-state index contributed by atoms with van der Waals surface area (Å²) in [7, 11) is -0.836. The van der Waals surface area contributed by atoms with Crippen LogP contribution in [0, 0.1) is 5.92 Å². The highest BCUT2D eigenvalue weighted by atomic mass is 32.2. The van der Waals surface area contributed by atoms with Crippen molar-refractivity contribution in [2.24, 2.45) is 5.92 Å². The van der Waals surface area contributed by atoms with Crippen LogP contribution in [0.5, 0.6) is 11.5 Å². The summed E-state index contributed by atoms with van der Waals surface area (Å²) < 4.78 is 38.2. The Morgan fingerprint density at radius 3 is 2.34 bits per heavy atom. The SMILES string of the molecule is CCCCc1ccc(NC(=O)C2CCN(S(=O)(=O)c3cc(OC)ccc3OC)CC2)cc1. The Morgan fingerprint density at radius 1 is 1.06 bits per heavy atom. The Hall–Kier alpha value is -2.58. The fraction of sp³-hybridized carbons (Fsp3) is 0.458. The Bertz CT molecular complexity index is 1010. The molecule has 8 heteroatoms. The second kappa shape index (κ2) is 10.8. The molecule has 0 aliphatic carbocycles. The minimum absolute atomic E-state index is 0.0673. The van der Waals surface area contributed by atoms with Gasteiger partial charge in [-0.2, -0.15) is 4.31 Å². The van der Waals surface area contributed by atoms with E-state index in [1.165, 1.54) is 30.2 Å². The van der Waals surface area contributed by atoms with Gasteiger partial charge in [0.2, 0.25) is 15.9 Å². The van der Waals surface area contributed by atoms with Crippen molar-refractivity contribution >= 4 is 21.6 Å². The molecule has 7 nitrogen and oxygen atoms in total. The predicted octanol–water partition coefficient (Wildman–Crippen LogP) is 4.09. The molecule has 1 amide bonds. The van der Waals surface area contributed by atoms with E-state index in [1.54, 1.807) is 12.1 Å². The molecule has 1 fully saturated rings. The summed E-state index contributed by atoms with van der Waals surface area (Å²) >= 11 is 0. The quantitative estimate of drug-likeness (QED) is 0.609. The van der Waals surface area contributed by atoms with Gasteiger partial charge in [-0.15, -0.1) is 0 Å². The molecule has 0 bridgehead atoms. The zero-order chi connectivity index (χ0) is 23.1. The lowest BCUT2D eigenvalue weighted by molar-refractivity contribution is -0.120. The second-order valence-corrected chi connectivity index (χ2v) is 9.89. The van der Waals surface area contributed by atoms with Crippen molar-refractivity contribution in [3.63, 3.8) is 0 Å². The van der Waals surface area contributed by atoms with Gasteiger partial charge in [0.25, 0.3) is 0 Å². The van der Waals surface area contributed by atoms with E-state index in [9.17, 15) is 13.2 Å². The van der Waals surface area contributed by atoms with Crippen LogP contribution in [0.15, 0.2) is 47.4 Å². The number of carbonyl (C=O) groups excluding carboxylic acids is 1. The van der Waals surface area contributed by atoms with E-state index >= 15 is 0 Å². The van der Waals surface area contributed by atoms with E-state index in [0.29, 0.717) is 18.6 Å². The molecule has 174 valence electrons. The summed E-state index contributed by atoms with van der Waals surface area (Å²) in [6.45, 7) is 2.71. The van der Waals surface area contributed by atoms with Crippen molar-refractivity contribution in [3.8, 4) is 11.5 Å². The molecule has 2 aromatic carbocycles. The minimum atomic E-state index is -3.76. The van der Waals surface area contributed by atoms with E-state index in [-0.39, 0.29) is 35.6 Å². The van der Waals surface area contributed by atoms with E-state index in [1.807, 2.05) is 24.3 Å². The van der Waals surface area contributed by atoms with Crippen molar-refractivity contribution in [3.05, 3.63) is 48.0 Å². The molecule has 0 atom stereocenters. The molecule has 1 saturated heterocycles. The van der Waals surface area contributed by atoms with E-state index in [4.69, 9.17) is 9.47 Å². The van der Waals surface area contributed by atoms with Crippen LogP contribution in [0.4, 0.5) is 5.69 Å². The predicted molar refractivity (Wildman–Crippen MR) is 125 cm³/mol. The number of carbonyl (C=O) groups is 1. The van der Waals surface area contributed by atoms with E-state index < -0.39 is 10.0 Å². The number of unbranched alkanes of at least 4 members (excludes halogenated alkanes) is 1. The first-order valence-corrected chi connectivity index (χ1v) is 12.4. The van der Waals surface area contributed by atoms with Crippen molar-refractivity contribution < 1.29 is 22.7 Å². The van der Waals surface area contributed by atoms with Crippen LogP contribution in [-0.2, 0) is 21.2 Å². The summed E-state index contributed by atoms with van der Waals surface area (Å²) in [5.41, 5.74) is 2.03. The molecule has 1 heterocycles. The van der Waals surface area contributed by atoms with Crippen LogP contribution in [-0.4, -0.2) is 45.9 Å². The average molecular weight is 461 g/mol. The second-order valence-electron chi connectivity index (χ2n) is 7.98. The molecule has 1 aliphatic rings. The number of aryl methyl sites for hydroxylation is 1. The van der Waals surface area contributed by atoms with E-state index in [0.717, 1.165) is 24.9 Å². The average Bonchev–Trinajstić information content (AvgIpc) is 2.83. The number of nitrogens with one attached hydrogen (secondary N) is 1. The molecular weight excluding hydrogens is 428 g/mol.